The Morgan fingerprint density at radius 2 is 1.46 bits per heavy atom. The summed E-state index contributed by atoms with van der Waals surface area (Å²) in [5, 5.41) is 9.46. The van der Waals surface area contributed by atoms with Crippen molar-refractivity contribution in [3.05, 3.63) is 92.7 Å². The number of aryl methyl sites for hydroxylation is 1. The van der Waals surface area contributed by atoms with Gasteiger partial charge in [-0.05, 0) is 35.7 Å². The minimum atomic E-state index is 0. The molecule has 0 fully saturated rings. The van der Waals surface area contributed by atoms with Gasteiger partial charge in [-0.3, -0.25) is 6.08 Å². The van der Waals surface area contributed by atoms with Crippen LogP contribution in [0.3, 0.4) is 0 Å². The molecular formula is C21H27Cl2OSiTi. The Morgan fingerprint density at radius 1 is 0.885 bits per heavy atom. The van der Waals surface area contributed by atoms with Crippen molar-refractivity contribution in [1.29, 1.82) is 0 Å². The first kappa shape index (κ1) is 36.2. The van der Waals surface area contributed by atoms with E-state index in [-0.39, 0.29) is 72.4 Å². The van der Waals surface area contributed by atoms with Crippen molar-refractivity contribution in [2.24, 2.45) is 0 Å². The van der Waals surface area contributed by atoms with Gasteiger partial charge in [0.05, 0.1) is 0 Å². The fourth-order valence-corrected chi connectivity index (χ4v) is 2.07. The average Bonchev–Trinajstić information content (AvgIpc) is 2.91. The Kier molecular flexibility index (Phi) is 26.5. The van der Waals surface area contributed by atoms with Crippen LogP contribution in [-0.4, -0.2) is 16.1 Å². The van der Waals surface area contributed by atoms with Crippen LogP contribution in [0.15, 0.2) is 66.3 Å². The maximum Gasteiger partial charge on any atom is 3.00 e. The van der Waals surface area contributed by atoms with Gasteiger partial charge in [0.1, 0.15) is 5.75 Å². The van der Waals surface area contributed by atoms with Gasteiger partial charge in [-0.25, -0.2) is 11.6 Å². The largest absolute Gasteiger partial charge is 3.00 e. The molecule has 0 saturated carbocycles. The van der Waals surface area contributed by atoms with Crippen LogP contribution in [0.1, 0.15) is 18.9 Å². The maximum atomic E-state index is 9.46. The molecule has 0 unspecified atom stereocenters. The summed E-state index contributed by atoms with van der Waals surface area (Å²) in [6.07, 6.45) is 8.33. The van der Waals surface area contributed by atoms with Crippen molar-refractivity contribution in [1.82, 2.24) is 0 Å². The maximum absolute atomic E-state index is 9.46. The van der Waals surface area contributed by atoms with Crippen LogP contribution < -0.4 is 0 Å². The fourth-order valence-electron chi connectivity index (χ4n) is 2.07. The number of phenolic OH excluding ortho intramolecular Hbond substituents is 1. The van der Waals surface area contributed by atoms with Crippen LogP contribution in [0.25, 0.3) is 11.1 Å². The topological polar surface area (TPSA) is 20.2 Å². The first-order valence-electron chi connectivity index (χ1n) is 6.75. The molecule has 0 spiro atoms. The zero-order valence-electron chi connectivity index (χ0n) is 15.7. The molecule has 0 saturated heterocycles. The molecule has 3 rings (SSSR count). The molecule has 0 aromatic heterocycles. The normalized spacial score (nSPS) is 9.69. The molecule has 2 aromatic carbocycles. The van der Waals surface area contributed by atoms with Crippen LogP contribution in [0, 0.1) is 27.9 Å². The van der Waals surface area contributed by atoms with Gasteiger partial charge in [0.2, 0.25) is 0 Å². The van der Waals surface area contributed by atoms with Gasteiger partial charge in [-0.2, -0.15) is 6.08 Å². The van der Waals surface area contributed by atoms with E-state index in [1.165, 1.54) is 5.57 Å². The molecule has 0 amide bonds. The summed E-state index contributed by atoms with van der Waals surface area (Å²) in [5.41, 5.74) is 4.54. The molecule has 1 aliphatic rings. The molecule has 5 radical (unpaired) electrons. The quantitative estimate of drug-likeness (QED) is 0.399. The Bertz CT molecular complexity index is 621. The Morgan fingerprint density at radius 3 is 1.85 bits per heavy atom. The predicted molar refractivity (Wildman–Crippen MR) is 118 cm³/mol. The van der Waals surface area contributed by atoms with Crippen LogP contribution in [0.2, 0.25) is 0 Å². The van der Waals surface area contributed by atoms with Crippen molar-refractivity contribution >= 4 is 35.8 Å². The molecule has 139 valence electrons. The number of aromatic hydroxyl groups is 1. The summed E-state index contributed by atoms with van der Waals surface area (Å²) in [7, 11) is 0. The Hall–Kier alpha value is -0.769. The number of hydrogen-bond acceptors (Lipinski definition) is 1. The monoisotopic (exact) mass is 441 g/mol. The molecule has 5 heteroatoms. The van der Waals surface area contributed by atoms with Crippen molar-refractivity contribution in [3.8, 4) is 16.9 Å². The van der Waals surface area contributed by atoms with Gasteiger partial charge in [0.25, 0.3) is 0 Å². The number of rotatable bonds is 1. The van der Waals surface area contributed by atoms with Crippen molar-refractivity contribution in [2.45, 2.75) is 20.3 Å². The molecule has 0 bridgehead atoms. The summed E-state index contributed by atoms with van der Waals surface area (Å²) >= 11 is 0. The fraction of sp³-hybridized carbons (Fsp3) is 0.143. The molecule has 2 aromatic rings. The zero-order chi connectivity index (χ0) is 14.4. The van der Waals surface area contributed by atoms with Crippen molar-refractivity contribution in [2.75, 3.05) is 0 Å². The van der Waals surface area contributed by atoms with Crippen LogP contribution in [0.4, 0.5) is 0 Å². The second-order valence-electron chi connectivity index (χ2n) is 4.89. The summed E-state index contributed by atoms with van der Waals surface area (Å²) in [4.78, 5) is 0. The second-order valence-corrected chi connectivity index (χ2v) is 4.89. The predicted octanol–water partition coefficient (Wildman–Crippen LogP) is 6.42. The molecule has 1 N–H and O–H groups in total. The van der Waals surface area contributed by atoms with Gasteiger partial charge in [0, 0.05) is 11.0 Å². The van der Waals surface area contributed by atoms with Gasteiger partial charge in [-0.15, -0.1) is 31.2 Å². The van der Waals surface area contributed by atoms with Crippen molar-refractivity contribution < 1.29 is 26.8 Å². The molecular weight excluding hydrogens is 415 g/mol. The van der Waals surface area contributed by atoms with Gasteiger partial charge in [0.15, 0.2) is 0 Å². The van der Waals surface area contributed by atoms with E-state index in [2.05, 4.69) is 31.2 Å². The van der Waals surface area contributed by atoms with Gasteiger partial charge >= 0.3 is 21.7 Å². The smallest absolute Gasteiger partial charge is 0.508 e. The minimum absolute atomic E-state index is 0. The molecule has 0 aliphatic heterocycles. The molecule has 0 heterocycles. The first-order chi connectivity index (χ1) is 9.65. The first-order valence-corrected chi connectivity index (χ1v) is 6.75. The Balaban J connectivity index is -0.000000108. The van der Waals surface area contributed by atoms with E-state index in [0.29, 0.717) is 5.75 Å². The van der Waals surface area contributed by atoms with E-state index in [0.717, 1.165) is 23.1 Å². The number of hydrogen-bond donors (Lipinski definition) is 1. The van der Waals surface area contributed by atoms with Crippen LogP contribution in [0.5, 0.6) is 5.75 Å². The van der Waals surface area contributed by atoms with Crippen LogP contribution in [-0.2, 0) is 21.7 Å². The van der Waals surface area contributed by atoms with E-state index in [9.17, 15) is 5.11 Å². The summed E-state index contributed by atoms with van der Waals surface area (Å²) in [6, 6.07) is 15.6. The number of halogens is 2. The standard InChI is InChI=1S/C13H12O.C6H7.2CH3.2ClH.Si.Ti/c1-10-7-12(9-13(14)8-10)11-5-3-2-4-6-11;1-6-4-2-3-5-6;;;;;;/h2-9,14H,1H3;2,4H,3H2,1H3;2*1H3;2*1H;;/q;3*-1;;;;+3. The minimum Gasteiger partial charge on any atom is -0.508 e. The summed E-state index contributed by atoms with van der Waals surface area (Å²) in [5.74, 6) is 0.323. The zero-order valence-corrected chi connectivity index (χ0v) is 19.9. The molecule has 1 aliphatic carbocycles. The molecule has 1 nitrogen and oxygen atoms in total. The van der Waals surface area contributed by atoms with Crippen molar-refractivity contribution in [3.63, 3.8) is 0 Å². The third-order valence-corrected chi connectivity index (χ3v) is 3.04. The molecule has 0 atom stereocenters. The SMILES string of the molecule is CC1=[C-]CC=C1.Cc1cc(O)cc(-c2ccccc2)c1.Cl.Cl.[CH3-].[CH3-].[Si].[Ti+3]. The van der Waals surface area contributed by atoms with Gasteiger partial charge < -0.3 is 20.0 Å². The van der Waals surface area contributed by atoms with E-state index in [1.807, 2.05) is 37.3 Å². The van der Waals surface area contributed by atoms with E-state index in [1.54, 1.807) is 12.1 Å². The second kappa shape index (κ2) is 19.0. The molecule has 26 heavy (non-hydrogen) atoms. The number of allylic oxidation sites excluding steroid dienone is 4. The summed E-state index contributed by atoms with van der Waals surface area (Å²) < 4.78 is 0. The number of phenols is 1. The third kappa shape index (κ3) is 12.6. The van der Waals surface area contributed by atoms with Crippen LogP contribution >= 0.6 is 24.8 Å². The average molecular weight is 442 g/mol. The van der Waals surface area contributed by atoms with E-state index >= 15 is 0 Å². The van der Waals surface area contributed by atoms with E-state index < -0.39 is 0 Å². The van der Waals surface area contributed by atoms with Gasteiger partial charge in [-0.1, -0.05) is 43.3 Å². The number of benzene rings is 2. The third-order valence-electron chi connectivity index (χ3n) is 3.04. The summed E-state index contributed by atoms with van der Waals surface area (Å²) in [6.45, 7) is 4.04. The van der Waals surface area contributed by atoms with E-state index in [4.69, 9.17) is 0 Å². The Labute approximate surface area is 191 Å².